The third kappa shape index (κ3) is 3.28. The molecule has 1 N–H and O–H groups in total. The van der Waals surface area contributed by atoms with Crippen LogP contribution in [0.25, 0.3) is 0 Å². The largest absolute Gasteiger partial charge is 0.381 e. The Morgan fingerprint density at radius 1 is 1.23 bits per heavy atom. The monoisotopic (exact) mass is 185 g/mol. The van der Waals surface area contributed by atoms with E-state index in [4.69, 9.17) is 4.74 Å². The van der Waals surface area contributed by atoms with Gasteiger partial charge in [0.05, 0.1) is 0 Å². The minimum absolute atomic E-state index is 0.335. The molecule has 0 atom stereocenters. The van der Waals surface area contributed by atoms with Crippen LogP contribution in [-0.2, 0) is 4.74 Å². The van der Waals surface area contributed by atoms with Gasteiger partial charge in [0.2, 0.25) is 0 Å². The molecule has 1 saturated heterocycles. The van der Waals surface area contributed by atoms with Crippen LogP contribution >= 0.6 is 0 Å². The maximum Gasteiger partial charge on any atom is 0.0480 e. The van der Waals surface area contributed by atoms with E-state index < -0.39 is 0 Å². The highest BCUT2D eigenvalue weighted by atomic mass is 16.5. The van der Waals surface area contributed by atoms with E-state index in [1.807, 2.05) is 0 Å². The van der Waals surface area contributed by atoms with E-state index in [0.29, 0.717) is 11.6 Å². The Morgan fingerprint density at radius 2 is 1.77 bits per heavy atom. The Balaban J connectivity index is 2.35. The molecule has 13 heavy (non-hydrogen) atoms. The van der Waals surface area contributed by atoms with Gasteiger partial charge in [0.1, 0.15) is 0 Å². The van der Waals surface area contributed by atoms with E-state index in [9.17, 15) is 0 Å². The quantitative estimate of drug-likeness (QED) is 0.726. The van der Waals surface area contributed by atoms with E-state index in [-0.39, 0.29) is 0 Å². The predicted octanol–water partition coefficient (Wildman–Crippen LogP) is 2.33. The summed E-state index contributed by atoms with van der Waals surface area (Å²) >= 11 is 0. The molecule has 0 amide bonds. The van der Waals surface area contributed by atoms with Crippen LogP contribution in [-0.4, -0.2) is 24.8 Å². The average molecular weight is 185 g/mol. The fourth-order valence-corrected chi connectivity index (χ4v) is 1.79. The smallest absolute Gasteiger partial charge is 0.0480 e. The fourth-order valence-electron chi connectivity index (χ4n) is 1.79. The van der Waals surface area contributed by atoms with Crippen LogP contribution in [0.5, 0.6) is 0 Å². The van der Waals surface area contributed by atoms with Gasteiger partial charge in [-0.25, -0.2) is 0 Å². The maximum absolute atomic E-state index is 5.34. The molecule has 0 spiro atoms. The van der Waals surface area contributed by atoms with Crippen LogP contribution in [0, 0.1) is 0 Å². The highest BCUT2D eigenvalue weighted by Crippen LogP contribution is 2.18. The highest BCUT2D eigenvalue weighted by Gasteiger charge is 2.24. The summed E-state index contributed by atoms with van der Waals surface area (Å²) in [6.07, 6.45) is 4.77. The van der Waals surface area contributed by atoms with Crippen molar-refractivity contribution in [2.75, 3.05) is 13.2 Å². The molecule has 0 radical (unpaired) electrons. The summed E-state index contributed by atoms with van der Waals surface area (Å²) in [5.41, 5.74) is 0.335. The van der Waals surface area contributed by atoms with Gasteiger partial charge in [-0.2, -0.15) is 0 Å². The van der Waals surface area contributed by atoms with Crippen molar-refractivity contribution >= 4 is 0 Å². The van der Waals surface area contributed by atoms with Gasteiger partial charge in [-0.3, -0.25) is 0 Å². The zero-order chi connectivity index (χ0) is 9.73. The number of rotatable bonds is 4. The summed E-state index contributed by atoms with van der Waals surface area (Å²) in [7, 11) is 0. The Bertz CT molecular complexity index is 137. The Hall–Kier alpha value is -0.0800. The molecule has 0 aromatic carbocycles. The van der Waals surface area contributed by atoms with Crippen LogP contribution in [0.2, 0.25) is 0 Å². The Labute approximate surface area is 82.0 Å². The number of nitrogens with one attached hydrogen (secondary N) is 1. The molecule has 2 nitrogen and oxygen atoms in total. The van der Waals surface area contributed by atoms with Crippen molar-refractivity contribution in [2.45, 2.75) is 58.0 Å². The number of ether oxygens (including phenoxy) is 1. The van der Waals surface area contributed by atoms with E-state index >= 15 is 0 Å². The highest BCUT2D eigenvalue weighted by molar-refractivity contribution is 4.85. The Kier molecular flexibility index (Phi) is 4.20. The topological polar surface area (TPSA) is 21.3 Å². The molecule has 1 heterocycles. The third-order valence-corrected chi connectivity index (χ3v) is 3.33. The summed E-state index contributed by atoms with van der Waals surface area (Å²) in [5.74, 6) is 0. The van der Waals surface area contributed by atoms with E-state index in [0.717, 1.165) is 13.2 Å². The first-order valence-corrected chi connectivity index (χ1v) is 5.55. The molecule has 0 aliphatic carbocycles. The molecular formula is C11H23NO. The van der Waals surface area contributed by atoms with E-state index in [2.05, 4.69) is 26.1 Å². The SMILES string of the molecule is CCC(C)(CC)NC1CCOCC1. The summed E-state index contributed by atoms with van der Waals surface area (Å²) < 4.78 is 5.34. The van der Waals surface area contributed by atoms with Crippen LogP contribution < -0.4 is 5.32 Å². The first-order valence-electron chi connectivity index (χ1n) is 5.55. The summed E-state index contributed by atoms with van der Waals surface area (Å²) in [6.45, 7) is 8.70. The van der Waals surface area contributed by atoms with Gasteiger partial charge >= 0.3 is 0 Å². The van der Waals surface area contributed by atoms with E-state index in [1.165, 1.54) is 25.7 Å². The first-order chi connectivity index (χ1) is 6.20. The number of hydrogen-bond donors (Lipinski definition) is 1. The number of hydrogen-bond acceptors (Lipinski definition) is 2. The van der Waals surface area contributed by atoms with Crippen molar-refractivity contribution < 1.29 is 4.74 Å². The van der Waals surface area contributed by atoms with Gasteiger partial charge in [0.25, 0.3) is 0 Å². The molecule has 1 fully saturated rings. The normalized spacial score (nSPS) is 20.5. The molecule has 0 bridgehead atoms. The van der Waals surface area contributed by atoms with Crippen molar-refractivity contribution in [1.29, 1.82) is 0 Å². The first kappa shape index (κ1) is 11.0. The lowest BCUT2D eigenvalue weighted by atomic mass is 9.93. The lowest BCUT2D eigenvalue weighted by Gasteiger charge is -2.35. The summed E-state index contributed by atoms with van der Waals surface area (Å²) in [4.78, 5) is 0. The molecule has 0 aromatic heterocycles. The molecule has 2 heteroatoms. The van der Waals surface area contributed by atoms with Gasteiger partial charge < -0.3 is 10.1 Å². The second-order valence-electron chi connectivity index (χ2n) is 4.30. The fraction of sp³-hybridized carbons (Fsp3) is 1.00. The third-order valence-electron chi connectivity index (χ3n) is 3.33. The predicted molar refractivity (Wildman–Crippen MR) is 56.0 cm³/mol. The van der Waals surface area contributed by atoms with Crippen LogP contribution in [0.15, 0.2) is 0 Å². The molecule has 78 valence electrons. The second kappa shape index (κ2) is 4.97. The standard InChI is InChI=1S/C11H23NO/c1-4-11(3,5-2)12-10-6-8-13-9-7-10/h10,12H,4-9H2,1-3H3. The summed E-state index contributed by atoms with van der Waals surface area (Å²) in [6, 6.07) is 0.679. The van der Waals surface area contributed by atoms with Gasteiger partial charge in [-0.15, -0.1) is 0 Å². The minimum Gasteiger partial charge on any atom is -0.381 e. The lowest BCUT2D eigenvalue weighted by Crippen LogP contribution is -2.49. The van der Waals surface area contributed by atoms with Gasteiger partial charge in [-0.1, -0.05) is 13.8 Å². The summed E-state index contributed by atoms with van der Waals surface area (Å²) in [5, 5.41) is 3.75. The molecule has 1 aliphatic heterocycles. The van der Waals surface area contributed by atoms with Crippen molar-refractivity contribution in [1.82, 2.24) is 5.32 Å². The molecule has 0 aromatic rings. The zero-order valence-electron chi connectivity index (χ0n) is 9.23. The van der Waals surface area contributed by atoms with Crippen LogP contribution in [0.1, 0.15) is 46.5 Å². The zero-order valence-corrected chi connectivity index (χ0v) is 9.23. The average Bonchev–Trinajstić information content (AvgIpc) is 2.19. The van der Waals surface area contributed by atoms with Crippen molar-refractivity contribution in [3.05, 3.63) is 0 Å². The van der Waals surface area contributed by atoms with Crippen LogP contribution in [0.3, 0.4) is 0 Å². The van der Waals surface area contributed by atoms with Crippen molar-refractivity contribution in [3.63, 3.8) is 0 Å². The van der Waals surface area contributed by atoms with Gasteiger partial charge in [0, 0.05) is 24.8 Å². The Morgan fingerprint density at radius 3 is 2.23 bits per heavy atom. The molecule has 1 rings (SSSR count). The molecule has 0 unspecified atom stereocenters. The lowest BCUT2D eigenvalue weighted by molar-refractivity contribution is 0.0679. The van der Waals surface area contributed by atoms with Gasteiger partial charge in [-0.05, 0) is 32.6 Å². The van der Waals surface area contributed by atoms with Crippen LogP contribution in [0.4, 0.5) is 0 Å². The maximum atomic E-state index is 5.34. The van der Waals surface area contributed by atoms with Crippen molar-refractivity contribution in [3.8, 4) is 0 Å². The van der Waals surface area contributed by atoms with Crippen molar-refractivity contribution in [2.24, 2.45) is 0 Å². The molecule has 0 saturated carbocycles. The minimum atomic E-state index is 0.335. The van der Waals surface area contributed by atoms with E-state index in [1.54, 1.807) is 0 Å². The molecular weight excluding hydrogens is 162 g/mol. The second-order valence-corrected chi connectivity index (χ2v) is 4.30. The molecule has 1 aliphatic rings. The van der Waals surface area contributed by atoms with Gasteiger partial charge in [0.15, 0.2) is 0 Å².